The number of hydrogen-bond acceptors (Lipinski definition) is 8. The van der Waals surface area contributed by atoms with Gasteiger partial charge in [-0.25, -0.2) is 13.2 Å². The van der Waals surface area contributed by atoms with E-state index in [0.29, 0.717) is 39.4 Å². The van der Waals surface area contributed by atoms with E-state index in [4.69, 9.17) is 18.9 Å². The molecule has 1 rings (SSSR count). The first kappa shape index (κ1) is 31.4. The molecule has 0 heterocycles. The summed E-state index contributed by atoms with van der Waals surface area (Å²) in [6.07, 6.45) is -0.0776. The number of amides is 1. The summed E-state index contributed by atoms with van der Waals surface area (Å²) in [6, 6.07) is 0. The molecule has 0 unspecified atom stereocenters. The van der Waals surface area contributed by atoms with Crippen LogP contribution in [0.2, 0.25) is 0 Å². The molecule has 0 atom stereocenters. The molecule has 1 aromatic carbocycles. The number of ketones is 1. The fourth-order valence-electron chi connectivity index (χ4n) is 2.37. The third-order valence-electron chi connectivity index (χ3n) is 4.22. The average molecular weight is 529 g/mol. The number of benzene rings is 1. The first-order valence-corrected chi connectivity index (χ1v) is 10.9. The van der Waals surface area contributed by atoms with Gasteiger partial charge < -0.3 is 29.0 Å². The molecule has 36 heavy (non-hydrogen) atoms. The molecule has 0 fully saturated rings. The van der Waals surface area contributed by atoms with Gasteiger partial charge in [-0.2, -0.15) is 8.78 Å². The van der Waals surface area contributed by atoms with Crippen LogP contribution >= 0.6 is 0 Å². The predicted octanol–water partition coefficient (Wildman–Crippen LogP) is 2.23. The molecule has 0 radical (unpaired) electrons. The van der Waals surface area contributed by atoms with Crippen molar-refractivity contribution in [1.82, 2.24) is 5.32 Å². The van der Waals surface area contributed by atoms with Gasteiger partial charge in [-0.15, -0.1) is 0 Å². The number of rotatable bonds is 19. The van der Waals surface area contributed by atoms with Crippen molar-refractivity contribution in [3.8, 4) is 5.75 Å². The van der Waals surface area contributed by atoms with Crippen molar-refractivity contribution in [2.24, 2.45) is 0 Å². The number of hydrogen-bond donors (Lipinski definition) is 1. The van der Waals surface area contributed by atoms with Crippen molar-refractivity contribution in [1.29, 1.82) is 0 Å². The lowest BCUT2D eigenvalue weighted by Gasteiger charge is -2.09. The third-order valence-corrected chi connectivity index (χ3v) is 4.22. The van der Waals surface area contributed by atoms with Crippen LogP contribution in [0.4, 0.5) is 22.0 Å². The third kappa shape index (κ3) is 12.3. The number of ether oxygens (including phenoxy) is 5. The predicted molar refractivity (Wildman–Crippen MR) is 113 cm³/mol. The van der Waals surface area contributed by atoms with Gasteiger partial charge in [0.25, 0.3) is 0 Å². The highest BCUT2D eigenvalue weighted by Gasteiger charge is 2.28. The zero-order valence-corrected chi connectivity index (χ0v) is 19.6. The van der Waals surface area contributed by atoms with E-state index in [1.165, 1.54) is 6.92 Å². The zero-order chi connectivity index (χ0) is 26.9. The van der Waals surface area contributed by atoms with Gasteiger partial charge in [0.05, 0.1) is 59.3 Å². The summed E-state index contributed by atoms with van der Waals surface area (Å²) in [5.41, 5.74) is 0. The minimum atomic E-state index is -2.36. The number of halogens is 5. The van der Waals surface area contributed by atoms with Crippen molar-refractivity contribution in [2.45, 2.75) is 26.2 Å². The lowest BCUT2D eigenvalue weighted by molar-refractivity contribution is -0.136. The van der Waals surface area contributed by atoms with Gasteiger partial charge in [-0.05, 0) is 6.92 Å². The SMILES string of the molecule is CC(=O)CCOCCOCCNC(=O)CCOCCOCCC(=O)Oc1c(F)c(F)c(F)c(F)c1F. The Hall–Kier alpha value is -2.68. The minimum Gasteiger partial charge on any atom is -0.420 e. The molecule has 1 N–H and O–H groups in total. The molecule has 14 heteroatoms. The van der Waals surface area contributed by atoms with Crippen LogP contribution in [0.5, 0.6) is 5.75 Å². The molecule has 1 amide bonds. The normalized spacial score (nSPS) is 10.9. The van der Waals surface area contributed by atoms with E-state index in [1.54, 1.807) is 0 Å². The Balaban J connectivity index is 2.02. The summed E-state index contributed by atoms with van der Waals surface area (Å²) in [4.78, 5) is 33.9. The van der Waals surface area contributed by atoms with Crippen LogP contribution in [-0.4, -0.2) is 77.1 Å². The minimum absolute atomic E-state index is 0.0136. The standard InChI is InChI=1S/C22H28F5NO8/c1-14(29)2-6-32-12-13-35-9-5-28-15(30)3-7-33-10-11-34-8-4-16(31)36-22-20(26)18(24)17(23)19(25)21(22)27/h2-13H2,1H3,(H,28,30). The van der Waals surface area contributed by atoms with E-state index in [1.807, 2.05) is 0 Å². The van der Waals surface area contributed by atoms with Crippen LogP contribution in [0, 0.1) is 29.1 Å². The molecular formula is C22H28F5NO8. The summed E-state index contributed by atoms with van der Waals surface area (Å²) >= 11 is 0. The summed E-state index contributed by atoms with van der Waals surface area (Å²) in [5, 5.41) is 2.63. The largest absolute Gasteiger partial charge is 0.420 e. The van der Waals surface area contributed by atoms with E-state index < -0.39 is 47.2 Å². The summed E-state index contributed by atoms with van der Waals surface area (Å²) in [5.74, 6) is -14.5. The van der Waals surface area contributed by atoms with Gasteiger partial charge in [-0.3, -0.25) is 14.4 Å². The fraction of sp³-hybridized carbons (Fsp3) is 0.591. The number of carbonyl (C=O) groups excluding carboxylic acids is 3. The molecule has 0 saturated carbocycles. The number of nitrogens with one attached hydrogen (secondary N) is 1. The summed E-state index contributed by atoms with van der Waals surface area (Å²) < 4.78 is 90.9. The Morgan fingerprint density at radius 2 is 1.06 bits per heavy atom. The van der Waals surface area contributed by atoms with E-state index in [2.05, 4.69) is 10.1 Å². The maximum atomic E-state index is 13.5. The monoisotopic (exact) mass is 529 g/mol. The highest BCUT2D eigenvalue weighted by molar-refractivity contribution is 5.76. The highest BCUT2D eigenvalue weighted by atomic mass is 19.2. The number of Topliss-reactive ketones (excluding diaryl/α,β-unsaturated/α-hetero) is 1. The molecule has 0 spiro atoms. The zero-order valence-electron chi connectivity index (χ0n) is 19.6. The van der Waals surface area contributed by atoms with E-state index in [-0.39, 0.29) is 44.5 Å². The molecule has 0 aromatic heterocycles. The van der Waals surface area contributed by atoms with Crippen molar-refractivity contribution < 1.29 is 60.0 Å². The maximum Gasteiger partial charge on any atom is 0.313 e. The first-order valence-electron chi connectivity index (χ1n) is 10.9. The molecular weight excluding hydrogens is 501 g/mol. The maximum absolute atomic E-state index is 13.5. The number of esters is 1. The van der Waals surface area contributed by atoms with Gasteiger partial charge in [0, 0.05) is 19.4 Å². The van der Waals surface area contributed by atoms with Crippen LogP contribution in [0.3, 0.4) is 0 Å². The van der Waals surface area contributed by atoms with E-state index in [9.17, 15) is 36.3 Å². The molecule has 0 bridgehead atoms. The Kier molecular flexibility index (Phi) is 15.4. The average Bonchev–Trinajstić information content (AvgIpc) is 2.84. The van der Waals surface area contributed by atoms with Crippen LogP contribution in [0.1, 0.15) is 26.2 Å². The number of carbonyl (C=O) groups is 3. The molecule has 0 saturated heterocycles. The van der Waals surface area contributed by atoms with Crippen LogP contribution < -0.4 is 10.1 Å². The van der Waals surface area contributed by atoms with Gasteiger partial charge in [0.15, 0.2) is 0 Å². The van der Waals surface area contributed by atoms with Gasteiger partial charge in [0.1, 0.15) is 5.78 Å². The van der Waals surface area contributed by atoms with Gasteiger partial charge in [0.2, 0.25) is 40.7 Å². The second-order valence-corrected chi connectivity index (χ2v) is 7.12. The summed E-state index contributed by atoms with van der Waals surface area (Å²) in [7, 11) is 0. The van der Waals surface area contributed by atoms with E-state index in [0.717, 1.165) is 0 Å². The van der Waals surface area contributed by atoms with Crippen LogP contribution in [0.15, 0.2) is 0 Å². The van der Waals surface area contributed by atoms with E-state index >= 15 is 0 Å². The second kappa shape index (κ2) is 17.7. The molecule has 1 aromatic rings. The molecule has 9 nitrogen and oxygen atoms in total. The van der Waals surface area contributed by atoms with Crippen molar-refractivity contribution >= 4 is 17.7 Å². The molecule has 0 aliphatic rings. The van der Waals surface area contributed by atoms with Crippen LogP contribution in [0.25, 0.3) is 0 Å². The quantitative estimate of drug-likeness (QED) is 0.0726. The van der Waals surface area contributed by atoms with Crippen molar-refractivity contribution in [3.63, 3.8) is 0 Å². The Bertz CT molecular complexity index is 842. The Morgan fingerprint density at radius 1 is 0.611 bits per heavy atom. The second-order valence-electron chi connectivity index (χ2n) is 7.12. The molecule has 204 valence electrons. The van der Waals surface area contributed by atoms with Crippen molar-refractivity contribution in [3.05, 3.63) is 29.1 Å². The fourth-order valence-corrected chi connectivity index (χ4v) is 2.37. The van der Waals surface area contributed by atoms with Crippen molar-refractivity contribution in [2.75, 3.05) is 59.4 Å². The lowest BCUT2D eigenvalue weighted by Crippen LogP contribution is -2.28. The smallest absolute Gasteiger partial charge is 0.313 e. The topological polar surface area (TPSA) is 109 Å². The molecule has 0 aliphatic heterocycles. The molecule has 0 aliphatic carbocycles. The first-order chi connectivity index (χ1) is 17.1. The lowest BCUT2D eigenvalue weighted by atomic mass is 10.2. The van der Waals surface area contributed by atoms with Gasteiger partial charge in [-0.1, -0.05) is 0 Å². The summed E-state index contributed by atoms with van der Waals surface area (Å²) in [6.45, 7) is 3.04. The van der Waals surface area contributed by atoms with Crippen LogP contribution in [-0.2, 0) is 33.3 Å². The Labute approximate surface area is 204 Å². The highest BCUT2D eigenvalue weighted by Crippen LogP contribution is 2.29. The Morgan fingerprint density at radius 3 is 1.58 bits per heavy atom. The van der Waals surface area contributed by atoms with Gasteiger partial charge >= 0.3 is 5.97 Å².